The van der Waals surface area contributed by atoms with Crippen molar-refractivity contribution in [2.75, 3.05) is 74.6 Å². The highest BCUT2D eigenvalue weighted by Gasteiger charge is 2.26. The van der Waals surface area contributed by atoms with Crippen LogP contribution in [0.5, 0.6) is 0 Å². The normalized spacial score (nSPS) is 16.3. The molecule has 0 atom stereocenters. The summed E-state index contributed by atoms with van der Waals surface area (Å²) in [5.74, 6) is 1.17. The average Bonchev–Trinajstić information content (AvgIpc) is 3.19. The summed E-state index contributed by atoms with van der Waals surface area (Å²) in [6.45, 7) is 9.62. The van der Waals surface area contributed by atoms with Crippen LogP contribution in [0.4, 0.5) is 39.4 Å². The lowest BCUT2D eigenvalue weighted by Crippen LogP contribution is -2.42. The first-order chi connectivity index (χ1) is 20.2. The number of nitrogens with two attached hydrogens (primary N) is 2. The second-order valence-corrected chi connectivity index (χ2v) is 11.7. The number of hydrogen-bond donors (Lipinski definition) is 2. The number of amides is 1. The smallest absolute Gasteiger partial charge is 0.410 e. The quantitative estimate of drug-likeness (QED) is 0.373. The van der Waals surface area contributed by atoms with E-state index in [2.05, 4.69) is 33.9 Å². The van der Waals surface area contributed by atoms with Crippen LogP contribution in [0.15, 0.2) is 24.3 Å². The Morgan fingerprint density at radius 1 is 0.860 bits per heavy atom. The Morgan fingerprint density at radius 3 is 1.77 bits per heavy atom. The van der Waals surface area contributed by atoms with Gasteiger partial charge in [0.15, 0.2) is 0 Å². The minimum Gasteiger partial charge on any atom is -0.444 e. The molecule has 0 saturated carbocycles. The molecule has 4 rings (SSSR count). The molecule has 1 amide bonds. The Bertz CT molecular complexity index is 1290. The van der Waals surface area contributed by atoms with E-state index in [1.54, 1.807) is 17.0 Å². The molecule has 0 aromatic carbocycles. The van der Waals surface area contributed by atoms with Crippen molar-refractivity contribution in [3.8, 4) is 0 Å². The third kappa shape index (κ3) is 9.26. The molecule has 236 valence electrons. The van der Waals surface area contributed by atoms with Gasteiger partial charge in [-0.1, -0.05) is 0 Å². The highest BCUT2D eigenvalue weighted by atomic mass is 16.6. The van der Waals surface area contributed by atoms with Gasteiger partial charge in [-0.05, 0) is 66.3 Å². The minimum absolute atomic E-state index is 0.0165. The van der Waals surface area contributed by atoms with Gasteiger partial charge in [-0.25, -0.2) is 14.8 Å². The van der Waals surface area contributed by atoms with Gasteiger partial charge in [0.2, 0.25) is 11.6 Å². The molecule has 4 N–H and O–H groups in total. The molecule has 2 aliphatic rings. The van der Waals surface area contributed by atoms with E-state index in [-0.39, 0.29) is 29.1 Å². The molecule has 4 heterocycles. The number of nitrogen functional groups attached to an aromatic ring is 2. The molecule has 2 aliphatic heterocycles. The zero-order valence-corrected chi connectivity index (χ0v) is 25.4. The molecule has 0 radical (unpaired) electrons. The van der Waals surface area contributed by atoms with Gasteiger partial charge in [-0.15, -0.1) is 0 Å². The van der Waals surface area contributed by atoms with E-state index in [1.165, 1.54) is 12.1 Å². The minimum atomic E-state index is -0.557. The van der Waals surface area contributed by atoms with Gasteiger partial charge in [0, 0.05) is 57.4 Å². The first kappa shape index (κ1) is 33.0. The Morgan fingerprint density at radius 2 is 1.35 bits per heavy atom. The van der Waals surface area contributed by atoms with E-state index in [1.807, 2.05) is 25.7 Å². The SMILES string of the molecule is CC(C)(C)OC(=O)N1CCCN(c2ccc([N+](=O)[O-])c(N)n2)CC1.CN(C)C1CCN(c2ccc([N+](=O)[O-])c(N)n2)CC1. The molecule has 0 bridgehead atoms. The number of hydrogen-bond acceptors (Lipinski definition) is 13. The summed E-state index contributed by atoms with van der Waals surface area (Å²) in [6.07, 6.45) is 2.54. The van der Waals surface area contributed by atoms with Gasteiger partial charge in [0.25, 0.3) is 0 Å². The number of carbonyl (C=O) groups excluding carboxylic acids is 1. The molecular weight excluding hydrogens is 560 g/mol. The summed E-state index contributed by atoms with van der Waals surface area (Å²) in [5.41, 5.74) is 10.4. The first-order valence-corrected chi connectivity index (χ1v) is 14.1. The highest BCUT2D eigenvalue weighted by molar-refractivity contribution is 5.68. The van der Waals surface area contributed by atoms with Crippen LogP contribution in [0.3, 0.4) is 0 Å². The number of anilines is 4. The summed E-state index contributed by atoms with van der Waals surface area (Å²) < 4.78 is 5.39. The fraction of sp³-hybridized carbons (Fsp3) is 0.593. The van der Waals surface area contributed by atoms with Gasteiger partial charge >= 0.3 is 17.5 Å². The summed E-state index contributed by atoms with van der Waals surface area (Å²) in [4.78, 5) is 48.8. The maximum atomic E-state index is 12.2. The zero-order chi connectivity index (χ0) is 31.9. The molecule has 0 unspecified atom stereocenters. The van der Waals surface area contributed by atoms with Crippen LogP contribution >= 0.6 is 0 Å². The summed E-state index contributed by atoms with van der Waals surface area (Å²) in [6, 6.07) is 6.62. The van der Waals surface area contributed by atoms with Crippen LogP contribution in [-0.4, -0.2) is 101 Å². The van der Waals surface area contributed by atoms with Crippen molar-refractivity contribution in [3.63, 3.8) is 0 Å². The zero-order valence-electron chi connectivity index (χ0n) is 25.4. The molecule has 16 nitrogen and oxygen atoms in total. The van der Waals surface area contributed by atoms with Crippen molar-refractivity contribution in [2.45, 2.75) is 51.7 Å². The number of carbonyl (C=O) groups is 1. The average molecular weight is 603 g/mol. The number of pyridine rings is 2. The molecule has 2 fully saturated rings. The van der Waals surface area contributed by atoms with E-state index in [9.17, 15) is 25.0 Å². The Labute approximate surface area is 250 Å². The molecule has 16 heteroatoms. The maximum absolute atomic E-state index is 12.2. The lowest BCUT2D eigenvalue weighted by atomic mass is 10.0. The number of nitro groups is 2. The van der Waals surface area contributed by atoms with Crippen LogP contribution in [0.1, 0.15) is 40.0 Å². The fourth-order valence-electron chi connectivity index (χ4n) is 4.84. The standard InChI is InChI=1S/C15H23N5O4.C12H19N5O2/c1-15(2,3)24-14(21)19-8-4-7-18(9-10-19)12-6-5-11(20(22)23)13(16)17-12;1-15(2)9-5-7-16(8-6-9)11-4-3-10(17(18)19)12(13)14-11/h5-6H,4,7-10H2,1-3H3,(H2,16,17);3-4,9H,5-8H2,1-2H3,(H2,13,14). The monoisotopic (exact) mass is 602 g/mol. The topological polar surface area (TPSA) is 203 Å². The van der Waals surface area contributed by atoms with Crippen LogP contribution in [0.2, 0.25) is 0 Å². The predicted molar refractivity (Wildman–Crippen MR) is 164 cm³/mol. The van der Waals surface area contributed by atoms with E-state index < -0.39 is 15.4 Å². The summed E-state index contributed by atoms with van der Waals surface area (Å²) >= 11 is 0. The van der Waals surface area contributed by atoms with Crippen molar-refractivity contribution in [2.24, 2.45) is 0 Å². The summed E-state index contributed by atoms with van der Waals surface area (Å²) in [7, 11) is 4.17. The third-order valence-corrected chi connectivity index (χ3v) is 7.16. The van der Waals surface area contributed by atoms with E-state index in [4.69, 9.17) is 16.2 Å². The molecular formula is C27H42N10O6. The first-order valence-electron chi connectivity index (χ1n) is 14.1. The molecule has 2 saturated heterocycles. The maximum Gasteiger partial charge on any atom is 0.410 e. The molecule has 0 aliphatic carbocycles. The number of piperidine rings is 1. The van der Waals surface area contributed by atoms with Crippen molar-refractivity contribution >= 4 is 40.7 Å². The second kappa shape index (κ2) is 14.1. The number of rotatable bonds is 5. The number of aromatic nitrogens is 2. The van der Waals surface area contributed by atoms with Crippen LogP contribution in [0, 0.1) is 20.2 Å². The van der Waals surface area contributed by atoms with Crippen molar-refractivity contribution in [1.82, 2.24) is 19.8 Å². The second-order valence-electron chi connectivity index (χ2n) is 11.7. The van der Waals surface area contributed by atoms with Crippen molar-refractivity contribution in [3.05, 3.63) is 44.5 Å². The Hall–Kier alpha value is -4.47. The molecule has 2 aromatic rings. The Kier molecular flexibility index (Phi) is 10.9. The largest absolute Gasteiger partial charge is 0.444 e. The van der Waals surface area contributed by atoms with Gasteiger partial charge < -0.3 is 35.8 Å². The number of nitrogens with zero attached hydrogens (tertiary/aromatic N) is 8. The van der Waals surface area contributed by atoms with E-state index in [0.717, 1.165) is 38.2 Å². The van der Waals surface area contributed by atoms with Crippen LogP contribution < -0.4 is 21.3 Å². The molecule has 0 spiro atoms. The number of ether oxygens (including phenoxy) is 1. The van der Waals surface area contributed by atoms with Gasteiger partial charge in [-0.2, -0.15) is 0 Å². The summed E-state index contributed by atoms with van der Waals surface area (Å²) in [5, 5.41) is 21.5. The Balaban J connectivity index is 0.000000242. The van der Waals surface area contributed by atoms with Crippen molar-refractivity contribution in [1.29, 1.82) is 0 Å². The van der Waals surface area contributed by atoms with Crippen LogP contribution in [0.25, 0.3) is 0 Å². The predicted octanol–water partition coefficient (Wildman–Crippen LogP) is 3.12. The van der Waals surface area contributed by atoms with Crippen molar-refractivity contribution < 1.29 is 19.4 Å². The third-order valence-electron chi connectivity index (χ3n) is 7.16. The van der Waals surface area contributed by atoms with Gasteiger partial charge in [-0.3, -0.25) is 20.2 Å². The fourth-order valence-corrected chi connectivity index (χ4v) is 4.84. The van der Waals surface area contributed by atoms with Crippen LogP contribution in [-0.2, 0) is 4.74 Å². The lowest BCUT2D eigenvalue weighted by molar-refractivity contribution is -0.384. The van der Waals surface area contributed by atoms with E-state index >= 15 is 0 Å². The van der Waals surface area contributed by atoms with Gasteiger partial charge in [0.1, 0.15) is 17.2 Å². The molecule has 43 heavy (non-hydrogen) atoms. The van der Waals surface area contributed by atoms with Gasteiger partial charge in [0.05, 0.1) is 9.85 Å². The lowest BCUT2D eigenvalue weighted by Gasteiger charge is -2.35. The molecule has 2 aromatic heterocycles. The highest BCUT2D eigenvalue weighted by Crippen LogP contribution is 2.26. The van der Waals surface area contributed by atoms with E-state index in [0.29, 0.717) is 38.0 Å².